The standard InChI is InChI=1S/C15H23NO2/c1-4-16-14(11(3)17-5-2)13-8-6-7-12-9-10-18-15(12)13/h6-8,11,14,16H,4-5,9-10H2,1-3H3. The van der Waals surface area contributed by atoms with Crippen LogP contribution >= 0.6 is 0 Å². The zero-order valence-corrected chi connectivity index (χ0v) is 11.5. The molecule has 1 heterocycles. The highest BCUT2D eigenvalue weighted by Gasteiger charge is 2.25. The van der Waals surface area contributed by atoms with E-state index in [4.69, 9.17) is 9.47 Å². The largest absolute Gasteiger partial charge is 0.493 e. The van der Waals surface area contributed by atoms with Crippen LogP contribution in [0.5, 0.6) is 5.75 Å². The van der Waals surface area contributed by atoms with Gasteiger partial charge in [0.25, 0.3) is 0 Å². The van der Waals surface area contributed by atoms with E-state index >= 15 is 0 Å². The first kappa shape index (κ1) is 13.4. The molecule has 0 amide bonds. The molecule has 1 aliphatic heterocycles. The van der Waals surface area contributed by atoms with Crippen molar-refractivity contribution in [3.63, 3.8) is 0 Å². The molecule has 0 aromatic heterocycles. The molecule has 100 valence electrons. The first-order valence-corrected chi connectivity index (χ1v) is 6.87. The molecule has 0 aliphatic carbocycles. The second-order valence-corrected chi connectivity index (χ2v) is 4.63. The fourth-order valence-electron chi connectivity index (χ4n) is 2.59. The molecular formula is C15H23NO2. The number of hydrogen-bond donors (Lipinski definition) is 1. The summed E-state index contributed by atoms with van der Waals surface area (Å²) in [6.07, 6.45) is 1.16. The minimum atomic E-state index is 0.144. The Labute approximate surface area is 109 Å². The quantitative estimate of drug-likeness (QED) is 0.841. The monoisotopic (exact) mass is 249 g/mol. The Hall–Kier alpha value is -1.06. The van der Waals surface area contributed by atoms with Gasteiger partial charge in [-0.05, 0) is 26.0 Å². The van der Waals surface area contributed by atoms with E-state index in [1.807, 2.05) is 6.92 Å². The third-order valence-corrected chi connectivity index (χ3v) is 3.40. The van der Waals surface area contributed by atoms with Gasteiger partial charge in [-0.2, -0.15) is 0 Å². The smallest absolute Gasteiger partial charge is 0.127 e. The average Bonchev–Trinajstić information content (AvgIpc) is 2.84. The summed E-state index contributed by atoms with van der Waals surface area (Å²) in [6, 6.07) is 6.61. The molecule has 2 rings (SSSR count). The van der Waals surface area contributed by atoms with Gasteiger partial charge in [0.1, 0.15) is 5.75 Å². The molecule has 0 radical (unpaired) electrons. The lowest BCUT2D eigenvalue weighted by molar-refractivity contribution is 0.0470. The Kier molecular flexibility index (Phi) is 4.61. The van der Waals surface area contributed by atoms with Crippen molar-refractivity contribution in [3.8, 4) is 5.75 Å². The van der Waals surface area contributed by atoms with Crippen LogP contribution in [-0.2, 0) is 11.2 Å². The second kappa shape index (κ2) is 6.21. The van der Waals surface area contributed by atoms with Gasteiger partial charge in [0.05, 0.1) is 18.8 Å². The van der Waals surface area contributed by atoms with Crippen molar-refractivity contribution in [2.45, 2.75) is 39.3 Å². The summed E-state index contributed by atoms with van der Waals surface area (Å²) in [5, 5.41) is 3.51. The summed E-state index contributed by atoms with van der Waals surface area (Å²) in [5.74, 6) is 1.06. The van der Waals surface area contributed by atoms with Crippen LogP contribution < -0.4 is 10.1 Å². The van der Waals surface area contributed by atoms with Gasteiger partial charge in [-0.25, -0.2) is 0 Å². The van der Waals surface area contributed by atoms with Gasteiger partial charge in [-0.15, -0.1) is 0 Å². The number of ether oxygens (including phenoxy) is 2. The van der Waals surface area contributed by atoms with Crippen LogP contribution in [0.3, 0.4) is 0 Å². The highest BCUT2D eigenvalue weighted by atomic mass is 16.5. The van der Waals surface area contributed by atoms with E-state index in [9.17, 15) is 0 Å². The van der Waals surface area contributed by atoms with E-state index in [0.717, 1.165) is 31.9 Å². The van der Waals surface area contributed by atoms with Crippen molar-refractivity contribution in [1.82, 2.24) is 5.32 Å². The molecule has 18 heavy (non-hydrogen) atoms. The molecule has 1 aromatic carbocycles. The molecule has 1 aromatic rings. The number of hydrogen-bond acceptors (Lipinski definition) is 3. The molecule has 2 atom stereocenters. The lowest BCUT2D eigenvalue weighted by atomic mass is 9.98. The van der Waals surface area contributed by atoms with Crippen molar-refractivity contribution in [2.24, 2.45) is 0 Å². The van der Waals surface area contributed by atoms with Crippen molar-refractivity contribution >= 4 is 0 Å². The predicted molar refractivity (Wildman–Crippen MR) is 73.1 cm³/mol. The lowest BCUT2D eigenvalue weighted by Gasteiger charge is -2.26. The minimum Gasteiger partial charge on any atom is -0.493 e. The normalized spacial score (nSPS) is 17.1. The van der Waals surface area contributed by atoms with Crippen molar-refractivity contribution < 1.29 is 9.47 Å². The van der Waals surface area contributed by atoms with E-state index in [0.29, 0.717) is 0 Å². The molecule has 2 unspecified atom stereocenters. The molecule has 0 bridgehead atoms. The molecule has 1 N–H and O–H groups in total. The zero-order valence-electron chi connectivity index (χ0n) is 11.5. The maximum absolute atomic E-state index is 5.79. The van der Waals surface area contributed by atoms with Crippen LogP contribution in [0.25, 0.3) is 0 Å². The van der Waals surface area contributed by atoms with E-state index in [1.165, 1.54) is 11.1 Å². The summed E-state index contributed by atoms with van der Waals surface area (Å²) < 4.78 is 11.5. The molecular weight excluding hydrogens is 226 g/mol. The zero-order chi connectivity index (χ0) is 13.0. The maximum atomic E-state index is 5.79. The lowest BCUT2D eigenvalue weighted by Crippen LogP contribution is -2.32. The predicted octanol–water partition coefficient (Wildman–Crippen LogP) is 2.70. The van der Waals surface area contributed by atoms with Crippen molar-refractivity contribution in [1.29, 1.82) is 0 Å². The van der Waals surface area contributed by atoms with Crippen LogP contribution in [0.15, 0.2) is 18.2 Å². The molecule has 3 nitrogen and oxygen atoms in total. The Bertz CT molecular complexity index is 392. The number of fused-ring (bicyclic) bond motifs is 1. The third-order valence-electron chi connectivity index (χ3n) is 3.40. The molecule has 0 fully saturated rings. The Balaban J connectivity index is 2.28. The molecule has 1 aliphatic rings. The van der Waals surface area contributed by atoms with Gasteiger partial charge in [0, 0.05) is 18.6 Å². The van der Waals surface area contributed by atoms with Crippen LogP contribution in [0, 0.1) is 0 Å². The minimum absolute atomic E-state index is 0.144. The average molecular weight is 249 g/mol. The number of likely N-dealkylation sites (N-methyl/N-ethyl adjacent to an activating group) is 1. The topological polar surface area (TPSA) is 30.5 Å². The SMILES string of the molecule is CCNC(c1cccc2c1OCC2)C(C)OCC. The molecule has 0 saturated heterocycles. The van der Waals surface area contributed by atoms with E-state index in [2.05, 4.69) is 37.4 Å². The fraction of sp³-hybridized carbons (Fsp3) is 0.600. The summed E-state index contributed by atoms with van der Waals surface area (Å²) in [5.41, 5.74) is 2.55. The number of para-hydroxylation sites is 1. The first-order chi connectivity index (χ1) is 8.77. The number of nitrogens with one attached hydrogen (secondary N) is 1. The van der Waals surface area contributed by atoms with Crippen LogP contribution in [0.1, 0.15) is 37.9 Å². The molecule has 0 saturated carbocycles. The van der Waals surface area contributed by atoms with Crippen molar-refractivity contribution in [3.05, 3.63) is 29.3 Å². The highest BCUT2D eigenvalue weighted by molar-refractivity contribution is 5.46. The van der Waals surface area contributed by atoms with Gasteiger partial charge in [-0.3, -0.25) is 0 Å². The van der Waals surface area contributed by atoms with Crippen LogP contribution in [0.4, 0.5) is 0 Å². The van der Waals surface area contributed by atoms with E-state index in [1.54, 1.807) is 0 Å². The second-order valence-electron chi connectivity index (χ2n) is 4.63. The van der Waals surface area contributed by atoms with Crippen LogP contribution in [-0.4, -0.2) is 25.9 Å². The first-order valence-electron chi connectivity index (χ1n) is 6.87. The van der Waals surface area contributed by atoms with Crippen molar-refractivity contribution in [2.75, 3.05) is 19.8 Å². The summed E-state index contributed by atoms with van der Waals surface area (Å²) in [7, 11) is 0. The van der Waals surface area contributed by atoms with Gasteiger partial charge in [0.2, 0.25) is 0 Å². The highest BCUT2D eigenvalue weighted by Crippen LogP contribution is 2.35. The Morgan fingerprint density at radius 3 is 2.94 bits per heavy atom. The van der Waals surface area contributed by atoms with Gasteiger partial charge < -0.3 is 14.8 Å². The third kappa shape index (κ3) is 2.68. The van der Waals surface area contributed by atoms with E-state index < -0.39 is 0 Å². The summed E-state index contributed by atoms with van der Waals surface area (Å²) in [6.45, 7) is 8.73. The molecule has 3 heteroatoms. The fourth-order valence-corrected chi connectivity index (χ4v) is 2.59. The Morgan fingerprint density at radius 1 is 1.39 bits per heavy atom. The summed E-state index contributed by atoms with van der Waals surface area (Å²) >= 11 is 0. The molecule has 0 spiro atoms. The Morgan fingerprint density at radius 2 is 2.22 bits per heavy atom. The number of rotatable bonds is 6. The van der Waals surface area contributed by atoms with Gasteiger partial charge in [-0.1, -0.05) is 25.1 Å². The maximum Gasteiger partial charge on any atom is 0.127 e. The number of benzene rings is 1. The van der Waals surface area contributed by atoms with Gasteiger partial charge in [0.15, 0.2) is 0 Å². The van der Waals surface area contributed by atoms with Gasteiger partial charge >= 0.3 is 0 Å². The van der Waals surface area contributed by atoms with Crippen LogP contribution in [0.2, 0.25) is 0 Å². The summed E-state index contributed by atoms with van der Waals surface area (Å²) in [4.78, 5) is 0. The van der Waals surface area contributed by atoms with E-state index in [-0.39, 0.29) is 12.1 Å².